The number of rotatable bonds is 8. The Kier molecular flexibility index (Phi) is 5.73. The van der Waals surface area contributed by atoms with Gasteiger partial charge in [0.1, 0.15) is 11.9 Å². The Hall–Kier alpha value is -1.77. The maximum Gasteiger partial charge on any atom is 0.181 e. The highest BCUT2D eigenvalue weighted by atomic mass is 16.5. The molecule has 2 aromatic rings. The molecule has 126 valence electrons. The molecule has 0 bridgehead atoms. The molecular weight excluding hydrogens is 298 g/mol. The van der Waals surface area contributed by atoms with E-state index in [-0.39, 0.29) is 6.10 Å². The number of morpholine rings is 1. The van der Waals surface area contributed by atoms with Crippen LogP contribution in [0, 0.1) is 0 Å². The first kappa shape index (κ1) is 16.1. The summed E-state index contributed by atoms with van der Waals surface area (Å²) in [6, 6.07) is 3.95. The van der Waals surface area contributed by atoms with Gasteiger partial charge in [-0.05, 0) is 35.5 Å². The molecule has 23 heavy (non-hydrogen) atoms. The Labute approximate surface area is 135 Å². The second-order valence-electron chi connectivity index (χ2n) is 5.60. The maximum atomic E-state index is 5.86. The van der Waals surface area contributed by atoms with Crippen molar-refractivity contribution < 1.29 is 13.9 Å². The molecular formula is C15H23N5O3. The van der Waals surface area contributed by atoms with Gasteiger partial charge in [-0.3, -0.25) is 4.90 Å². The van der Waals surface area contributed by atoms with E-state index in [1.54, 1.807) is 18.1 Å². The van der Waals surface area contributed by atoms with Crippen LogP contribution in [0.2, 0.25) is 0 Å². The van der Waals surface area contributed by atoms with Gasteiger partial charge in [0.15, 0.2) is 5.82 Å². The molecule has 0 aromatic carbocycles. The molecule has 2 aromatic heterocycles. The number of nitrogens with zero attached hydrogens (tertiary/aromatic N) is 5. The minimum atomic E-state index is -0.0841. The van der Waals surface area contributed by atoms with Crippen LogP contribution in [0.1, 0.15) is 24.1 Å². The molecule has 8 heteroatoms. The Morgan fingerprint density at radius 2 is 2.35 bits per heavy atom. The van der Waals surface area contributed by atoms with Crippen molar-refractivity contribution in [1.82, 2.24) is 25.1 Å². The molecule has 0 saturated carbocycles. The third-order valence-corrected chi connectivity index (χ3v) is 3.98. The van der Waals surface area contributed by atoms with Gasteiger partial charge in [-0.15, -0.1) is 5.10 Å². The molecule has 1 fully saturated rings. The van der Waals surface area contributed by atoms with E-state index >= 15 is 0 Å². The zero-order valence-corrected chi connectivity index (χ0v) is 13.4. The quantitative estimate of drug-likeness (QED) is 0.715. The summed E-state index contributed by atoms with van der Waals surface area (Å²) in [4.78, 5) is 2.40. The highest BCUT2D eigenvalue weighted by Crippen LogP contribution is 2.20. The highest BCUT2D eigenvalue weighted by molar-refractivity contribution is 4.98. The third kappa shape index (κ3) is 4.37. The summed E-state index contributed by atoms with van der Waals surface area (Å²) in [5, 5.41) is 11.9. The summed E-state index contributed by atoms with van der Waals surface area (Å²) in [5.74, 6) is 1.82. The monoisotopic (exact) mass is 321 g/mol. The number of hydrogen-bond acceptors (Lipinski definition) is 7. The van der Waals surface area contributed by atoms with Crippen LogP contribution < -0.4 is 0 Å². The van der Waals surface area contributed by atoms with Gasteiger partial charge >= 0.3 is 0 Å². The predicted molar refractivity (Wildman–Crippen MR) is 81.9 cm³/mol. The van der Waals surface area contributed by atoms with Gasteiger partial charge in [0.2, 0.25) is 0 Å². The number of tetrazole rings is 1. The fraction of sp³-hybridized carbons (Fsp3) is 0.667. The van der Waals surface area contributed by atoms with Crippen molar-refractivity contribution in [1.29, 1.82) is 0 Å². The molecule has 0 aliphatic carbocycles. The Balaban J connectivity index is 1.50. The average molecular weight is 321 g/mol. The van der Waals surface area contributed by atoms with E-state index in [9.17, 15) is 0 Å². The third-order valence-electron chi connectivity index (χ3n) is 3.98. The Bertz CT molecular complexity index is 571. The highest BCUT2D eigenvalue weighted by Gasteiger charge is 2.26. The number of aromatic nitrogens is 4. The molecule has 0 amide bonds. The molecule has 8 nitrogen and oxygen atoms in total. The molecule has 0 radical (unpaired) electrons. The molecule has 3 heterocycles. The summed E-state index contributed by atoms with van der Waals surface area (Å²) in [5.41, 5.74) is 0. The van der Waals surface area contributed by atoms with Crippen molar-refractivity contribution >= 4 is 0 Å². The van der Waals surface area contributed by atoms with Gasteiger partial charge < -0.3 is 13.9 Å². The fourth-order valence-electron chi connectivity index (χ4n) is 2.77. The largest absolute Gasteiger partial charge is 0.469 e. The van der Waals surface area contributed by atoms with Crippen molar-refractivity contribution in [2.45, 2.75) is 25.5 Å². The van der Waals surface area contributed by atoms with Gasteiger partial charge in [-0.25, -0.2) is 4.68 Å². The van der Waals surface area contributed by atoms with Crippen LogP contribution in [-0.2, 0) is 22.4 Å². The lowest BCUT2D eigenvalue weighted by Crippen LogP contribution is -2.40. The lowest BCUT2D eigenvalue weighted by molar-refractivity contribution is -0.0370. The standard InChI is InChI=1S/C15H23N5O3/c1-21-10-8-20-15(16-17-18-20)14-12-19(7-11-23-14)6-2-4-13-5-3-9-22-13/h3,5,9,14H,2,4,6-8,10-12H2,1H3/t14-/m0/s1. The maximum absolute atomic E-state index is 5.86. The van der Waals surface area contributed by atoms with Crippen LogP contribution in [0.5, 0.6) is 0 Å². The molecule has 1 aliphatic rings. The van der Waals surface area contributed by atoms with E-state index in [2.05, 4.69) is 20.4 Å². The molecule has 1 saturated heterocycles. The Morgan fingerprint density at radius 1 is 1.39 bits per heavy atom. The van der Waals surface area contributed by atoms with Crippen molar-refractivity contribution in [2.75, 3.05) is 40.0 Å². The average Bonchev–Trinajstić information content (AvgIpc) is 3.25. The van der Waals surface area contributed by atoms with Crippen LogP contribution >= 0.6 is 0 Å². The van der Waals surface area contributed by atoms with Gasteiger partial charge in [-0.1, -0.05) is 0 Å². The summed E-state index contributed by atoms with van der Waals surface area (Å²) < 4.78 is 18.1. The summed E-state index contributed by atoms with van der Waals surface area (Å²) >= 11 is 0. The summed E-state index contributed by atoms with van der Waals surface area (Å²) in [6.07, 6.45) is 3.66. The Morgan fingerprint density at radius 3 is 3.17 bits per heavy atom. The molecule has 1 atom stereocenters. The van der Waals surface area contributed by atoms with Crippen LogP contribution in [0.3, 0.4) is 0 Å². The number of hydrogen-bond donors (Lipinski definition) is 0. The number of ether oxygens (including phenoxy) is 2. The smallest absolute Gasteiger partial charge is 0.181 e. The first-order valence-electron chi connectivity index (χ1n) is 7.98. The summed E-state index contributed by atoms with van der Waals surface area (Å²) in [7, 11) is 1.67. The van der Waals surface area contributed by atoms with Gasteiger partial charge in [0, 0.05) is 26.6 Å². The van der Waals surface area contributed by atoms with Crippen LogP contribution in [0.15, 0.2) is 22.8 Å². The van der Waals surface area contributed by atoms with Crippen molar-refractivity contribution in [2.24, 2.45) is 0 Å². The van der Waals surface area contributed by atoms with Crippen molar-refractivity contribution in [3.63, 3.8) is 0 Å². The molecule has 3 rings (SSSR count). The normalized spacial score (nSPS) is 19.3. The van der Waals surface area contributed by atoms with Gasteiger partial charge in [0.05, 0.1) is 26.0 Å². The number of aryl methyl sites for hydroxylation is 1. The molecule has 0 unspecified atom stereocenters. The van der Waals surface area contributed by atoms with E-state index < -0.39 is 0 Å². The van der Waals surface area contributed by atoms with E-state index in [4.69, 9.17) is 13.9 Å². The zero-order chi connectivity index (χ0) is 15.9. The van der Waals surface area contributed by atoms with Crippen LogP contribution in [0.4, 0.5) is 0 Å². The molecule has 0 N–H and O–H groups in total. The van der Waals surface area contributed by atoms with E-state index in [1.807, 2.05) is 12.1 Å². The number of methoxy groups -OCH3 is 1. The van der Waals surface area contributed by atoms with Crippen LogP contribution in [-0.4, -0.2) is 65.1 Å². The lowest BCUT2D eigenvalue weighted by atomic mass is 10.2. The van der Waals surface area contributed by atoms with Gasteiger partial charge in [-0.2, -0.15) is 0 Å². The second kappa shape index (κ2) is 8.19. The van der Waals surface area contributed by atoms with Gasteiger partial charge in [0.25, 0.3) is 0 Å². The van der Waals surface area contributed by atoms with Crippen molar-refractivity contribution in [3.05, 3.63) is 30.0 Å². The molecule has 0 spiro atoms. The van der Waals surface area contributed by atoms with E-state index in [0.29, 0.717) is 19.8 Å². The van der Waals surface area contributed by atoms with Crippen molar-refractivity contribution in [3.8, 4) is 0 Å². The minimum Gasteiger partial charge on any atom is -0.469 e. The zero-order valence-electron chi connectivity index (χ0n) is 13.4. The first-order valence-corrected chi connectivity index (χ1v) is 7.98. The minimum absolute atomic E-state index is 0.0841. The van der Waals surface area contributed by atoms with E-state index in [0.717, 1.165) is 44.1 Å². The number of furan rings is 1. The molecule has 1 aliphatic heterocycles. The second-order valence-corrected chi connectivity index (χ2v) is 5.60. The fourth-order valence-corrected chi connectivity index (χ4v) is 2.77. The predicted octanol–water partition coefficient (Wildman–Crippen LogP) is 0.919. The van der Waals surface area contributed by atoms with E-state index in [1.165, 1.54) is 0 Å². The lowest BCUT2D eigenvalue weighted by Gasteiger charge is -2.32. The first-order chi connectivity index (χ1) is 11.4. The summed E-state index contributed by atoms with van der Waals surface area (Å²) in [6.45, 7) is 4.68. The SMILES string of the molecule is COCCn1nnnc1[C@@H]1CN(CCCc2ccco2)CCO1. The van der Waals surface area contributed by atoms with Crippen LogP contribution in [0.25, 0.3) is 0 Å². The topological polar surface area (TPSA) is 78.4 Å².